The van der Waals surface area contributed by atoms with Crippen LogP contribution in [-0.2, 0) is 6.42 Å². The first-order valence-corrected chi connectivity index (χ1v) is 10.3. The van der Waals surface area contributed by atoms with Gasteiger partial charge in [-0.25, -0.2) is 0 Å². The van der Waals surface area contributed by atoms with Crippen molar-refractivity contribution < 1.29 is 4.42 Å². The highest BCUT2D eigenvalue weighted by Gasteiger charge is 2.28. The minimum atomic E-state index is 0.927. The molecule has 1 aromatic heterocycles. The molecule has 1 heteroatoms. The van der Waals surface area contributed by atoms with Crippen LogP contribution in [-0.4, -0.2) is 0 Å². The fourth-order valence-electron chi connectivity index (χ4n) is 4.72. The molecule has 1 nitrogen and oxygen atoms in total. The number of benzene rings is 4. The van der Waals surface area contributed by atoms with Crippen molar-refractivity contribution in [3.8, 4) is 44.7 Å². The molecule has 0 saturated carbocycles. The van der Waals surface area contributed by atoms with Crippen LogP contribution in [0.15, 0.2) is 114 Å². The van der Waals surface area contributed by atoms with Crippen LogP contribution in [0.2, 0.25) is 0 Å². The molecular weight excluding hydrogens is 364 g/mol. The Morgan fingerprint density at radius 3 is 1.97 bits per heavy atom. The van der Waals surface area contributed by atoms with Crippen LogP contribution in [0.1, 0.15) is 11.1 Å². The highest BCUT2D eigenvalue weighted by atomic mass is 16.3. The molecule has 0 fully saturated rings. The van der Waals surface area contributed by atoms with Gasteiger partial charge in [0.05, 0.1) is 6.26 Å². The molecule has 1 aliphatic rings. The van der Waals surface area contributed by atoms with Crippen LogP contribution in [0.25, 0.3) is 44.7 Å². The Balaban J connectivity index is 1.77. The van der Waals surface area contributed by atoms with E-state index < -0.39 is 0 Å². The summed E-state index contributed by atoms with van der Waals surface area (Å²) in [5, 5.41) is 0. The van der Waals surface area contributed by atoms with E-state index in [0.717, 1.165) is 12.2 Å². The Hall–Kier alpha value is -3.84. The van der Waals surface area contributed by atoms with Gasteiger partial charge in [-0.15, -0.1) is 0 Å². The molecule has 0 bridgehead atoms. The third-order valence-electron chi connectivity index (χ3n) is 6.02. The van der Waals surface area contributed by atoms with Crippen LogP contribution in [0, 0.1) is 0 Å². The van der Waals surface area contributed by atoms with E-state index in [1.54, 1.807) is 6.26 Å². The molecule has 4 aromatic carbocycles. The molecule has 0 saturated heterocycles. The van der Waals surface area contributed by atoms with Gasteiger partial charge < -0.3 is 4.42 Å². The lowest BCUT2D eigenvalue weighted by Gasteiger charge is -2.19. The zero-order chi connectivity index (χ0) is 19.9. The molecule has 1 heterocycles. The fourth-order valence-corrected chi connectivity index (χ4v) is 4.72. The summed E-state index contributed by atoms with van der Waals surface area (Å²) in [4.78, 5) is 0. The van der Waals surface area contributed by atoms with Gasteiger partial charge in [-0.3, -0.25) is 0 Å². The van der Waals surface area contributed by atoms with Crippen LogP contribution >= 0.6 is 0 Å². The number of fused-ring (bicyclic) bond motifs is 3. The maximum Gasteiger partial charge on any atom is 0.134 e. The van der Waals surface area contributed by atoms with E-state index in [1.165, 1.54) is 50.1 Å². The van der Waals surface area contributed by atoms with E-state index in [9.17, 15) is 0 Å². The molecule has 142 valence electrons. The van der Waals surface area contributed by atoms with Gasteiger partial charge in [0.1, 0.15) is 5.76 Å². The first-order chi connectivity index (χ1) is 14.9. The summed E-state index contributed by atoms with van der Waals surface area (Å²) in [6.07, 6.45) is 2.70. The summed E-state index contributed by atoms with van der Waals surface area (Å²) in [6, 6.07) is 36.6. The third kappa shape index (κ3) is 2.63. The van der Waals surface area contributed by atoms with Gasteiger partial charge in [0, 0.05) is 11.1 Å². The van der Waals surface area contributed by atoms with Crippen molar-refractivity contribution in [1.82, 2.24) is 0 Å². The highest BCUT2D eigenvalue weighted by molar-refractivity contribution is 6.00. The molecule has 0 N–H and O–H groups in total. The second kappa shape index (κ2) is 6.89. The normalized spacial score (nSPS) is 11.9. The lowest BCUT2D eigenvalue weighted by atomic mass is 9.84. The van der Waals surface area contributed by atoms with Gasteiger partial charge in [0.2, 0.25) is 0 Å². The second-order valence-corrected chi connectivity index (χ2v) is 7.74. The molecule has 0 radical (unpaired) electrons. The zero-order valence-electron chi connectivity index (χ0n) is 16.5. The summed E-state index contributed by atoms with van der Waals surface area (Å²) >= 11 is 0. The quantitative estimate of drug-likeness (QED) is 0.303. The predicted molar refractivity (Wildman–Crippen MR) is 123 cm³/mol. The molecule has 0 spiro atoms. The Bertz CT molecular complexity index is 1330. The Morgan fingerprint density at radius 1 is 0.533 bits per heavy atom. The highest BCUT2D eigenvalue weighted by Crippen LogP contribution is 2.50. The van der Waals surface area contributed by atoms with Crippen molar-refractivity contribution >= 4 is 0 Å². The van der Waals surface area contributed by atoms with Crippen LogP contribution in [0.4, 0.5) is 0 Å². The SMILES string of the molecule is c1ccc(-c2cc3c(c(-c4ccco4)c2-c2ccccc2)Cc2ccccc2-3)cc1. The minimum absolute atomic E-state index is 0.927. The third-order valence-corrected chi connectivity index (χ3v) is 6.02. The summed E-state index contributed by atoms with van der Waals surface area (Å²) in [5.74, 6) is 0.927. The molecular formula is C29H20O. The van der Waals surface area contributed by atoms with Gasteiger partial charge in [0.15, 0.2) is 0 Å². The van der Waals surface area contributed by atoms with Gasteiger partial charge in [-0.2, -0.15) is 0 Å². The van der Waals surface area contributed by atoms with Gasteiger partial charge in [-0.1, -0.05) is 84.9 Å². The van der Waals surface area contributed by atoms with Crippen molar-refractivity contribution in [2.75, 3.05) is 0 Å². The lowest BCUT2D eigenvalue weighted by Crippen LogP contribution is -1.96. The number of hydrogen-bond donors (Lipinski definition) is 0. The van der Waals surface area contributed by atoms with E-state index in [2.05, 4.69) is 97.1 Å². The van der Waals surface area contributed by atoms with E-state index in [4.69, 9.17) is 4.42 Å². The maximum atomic E-state index is 6.00. The van der Waals surface area contributed by atoms with Crippen LogP contribution in [0.5, 0.6) is 0 Å². The number of rotatable bonds is 3. The van der Waals surface area contributed by atoms with E-state index in [1.807, 2.05) is 6.07 Å². The zero-order valence-corrected chi connectivity index (χ0v) is 16.5. The molecule has 30 heavy (non-hydrogen) atoms. The molecule has 0 aliphatic heterocycles. The topological polar surface area (TPSA) is 13.1 Å². The summed E-state index contributed by atoms with van der Waals surface area (Å²) in [7, 11) is 0. The lowest BCUT2D eigenvalue weighted by molar-refractivity contribution is 0.582. The first-order valence-electron chi connectivity index (χ1n) is 10.3. The molecule has 5 aromatic rings. The molecule has 0 atom stereocenters. The Morgan fingerprint density at radius 2 is 1.23 bits per heavy atom. The van der Waals surface area contributed by atoms with E-state index in [0.29, 0.717) is 0 Å². The van der Waals surface area contributed by atoms with E-state index in [-0.39, 0.29) is 0 Å². The van der Waals surface area contributed by atoms with Crippen LogP contribution < -0.4 is 0 Å². The summed E-state index contributed by atoms with van der Waals surface area (Å²) in [6.45, 7) is 0. The van der Waals surface area contributed by atoms with Crippen LogP contribution in [0.3, 0.4) is 0 Å². The van der Waals surface area contributed by atoms with Gasteiger partial charge in [0.25, 0.3) is 0 Å². The van der Waals surface area contributed by atoms with Crippen molar-refractivity contribution in [3.05, 3.63) is 121 Å². The molecule has 0 amide bonds. The van der Waals surface area contributed by atoms with Crippen molar-refractivity contribution in [1.29, 1.82) is 0 Å². The summed E-state index contributed by atoms with van der Waals surface area (Å²) in [5.41, 5.74) is 11.5. The Kier molecular flexibility index (Phi) is 3.92. The monoisotopic (exact) mass is 384 g/mol. The smallest absolute Gasteiger partial charge is 0.134 e. The largest absolute Gasteiger partial charge is 0.464 e. The molecule has 1 aliphatic carbocycles. The van der Waals surface area contributed by atoms with Crippen molar-refractivity contribution in [3.63, 3.8) is 0 Å². The number of hydrogen-bond acceptors (Lipinski definition) is 1. The molecule has 0 unspecified atom stereocenters. The van der Waals surface area contributed by atoms with Crippen molar-refractivity contribution in [2.24, 2.45) is 0 Å². The van der Waals surface area contributed by atoms with Crippen molar-refractivity contribution in [2.45, 2.75) is 6.42 Å². The summed E-state index contributed by atoms with van der Waals surface area (Å²) < 4.78 is 6.00. The second-order valence-electron chi connectivity index (χ2n) is 7.74. The molecule has 6 rings (SSSR count). The van der Waals surface area contributed by atoms with Gasteiger partial charge >= 0.3 is 0 Å². The average molecular weight is 384 g/mol. The number of furan rings is 1. The minimum Gasteiger partial charge on any atom is -0.464 e. The standard InChI is InChI=1S/C29H20O/c1-3-10-20(11-4-1)24-19-25-23-15-8-7-14-22(23)18-26(25)29(27-16-9-17-30-27)28(24)21-12-5-2-6-13-21/h1-17,19H,18H2. The van der Waals surface area contributed by atoms with E-state index >= 15 is 0 Å². The first kappa shape index (κ1) is 17.1. The van der Waals surface area contributed by atoms with Gasteiger partial charge in [-0.05, 0) is 63.6 Å². The Labute approximate surface area is 176 Å². The predicted octanol–water partition coefficient (Wildman–Crippen LogP) is 7.85. The average Bonchev–Trinajstić information content (AvgIpc) is 3.47. The fraction of sp³-hybridized carbons (Fsp3) is 0.0345. The maximum absolute atomic E-state index is 6.00.